The average molecular weight is 276 g/mol. The number of carbonyl (C=O) groups is 1. The lowest BCUT2D eigenvalue weighted by atomic mass is 9.93. The number of para-hydroxylation sites is 1. The molecule has 110 valence electrons. The van der Waals surface area contributed by atoms with Crippen LogP contribution < -0.4 is 10.2 Å². The fourth-order valence-electron chi connectivity index (χ4n) is 2.85. The van der Waals surface area contributed by atoms with Crippen molar-refractivity contribution in [2.24, 2.45) is 5.92 Å². The number of hydrogen-bond donors (Lipinski definition) is 2. The van der Waals surface area contributed by atoms with E-state index in [-0.39, 0.29) is 0 Å². The van der Waals surface area contributed by atoms with Crippen LogP contribution in [-0.4, -0.2) is 36.8 Å². The van der Waals surface area contributed by atoms with E-state index in [1.807, 2.05) is 13.0 Å². The highest BCUT2D eigenvalue weighted by Crippen LogP contribution is 2.29. The fraction of sp³-hybridized carbons (Fsp3) is 0.562. The molecule has 1 aliphatic heterocycles. The second-order valence-corrected chi connectivity index (χ2v) is 5.69. The number of hydrogen-bond acceptors (Lipinski definition) is 3. The maximum atomic E-state index is 11.4. The molecule has 0 radical (unpaired) electrons. The molecule has 0 spiro atoms. The topological polar surface area (TPSA) is 52.6 Å². The van der Waals surface area contributed by atoms with Gasteiger partial charge < -0.3 is 15.3 Å². The quantitative estimate of drug-likeness (QED) is 0.836. The second kappa shape index (κ2) is 6.75. The lowest BCUT2D eigenvalue weighted by molar-refractivity contribution is -0.139. The van der Waals surface area contributed by atoms with Gasteiger partial charge in [0.15, 0.2) is 0 Å². The van der Waals surface area contributed by atoms with E-state index in [0.717, 1.165) is 25.9 Å². The smallest absolute Gasteiger partial charge is 0.322 e. The van der Waals surface area contributed by atoms with Gasteiger partial charge in [0.1, 0.15) is 6.04 Å². The number of benzene rings is 1. The van der Waals surface area contributed by atoms with E-state index in [1.54, 1.807) is 0 Å². The molecule has 0 bridgehead atoms. The number of rotatable bonds is 6. The van der Waals surface area contributed by atoms with Crippen molar-refractivity contribution in [2.45, 2.75) is 32.7 Å². The molecule has 2 unspecified atom stereocenters. The molecule has 0 aliphatic carbocycles. The van der Waals surface area contributed by atoms with Gasteiger partial charge in [0.05, 0.1) is 0 Å². The predicted molar refractivity (Wildman–Crippen MR) is 81.2 cm³/mol. The van der Waals surface area contributed by atoms with Gasteiger partial charge in [0.2, 0.25) is 0 Å². The van der Waals surface area contributed by atoms with Gasteiger partial charge in [-0.05, 0) is 36.9 Å². The molecule has 0 amide bonds. The van der Waals surface area contributed by atoms with Crippen LogP contribution in [0.4, 0.5) is 5.69 Å². The van der Waals surface area contributed by atoms with E-state index in [1.165, 1.54) is 11.3 Å². The third-order valence-corrected chi connectivity index (χ3v) is 3.77. The molecule has 1 aliphatic rings. The number of nitrogens with zero attached hydrogens (tertiary/aromatic N) is 1. The molecule has 0 saturated heterocycles. The third kappa shape index (κ3) is 3.51. The van der Waals surface area contributed by atoms with Crippen molar-refractivity contribution in [2.75, 3.05) is 24.5 Å². The van der Waals surface area contributed by atoms with E-state index in [4.69, 9.17) is 0 Å². The predicted octanol–water partition coefficient (Wildman–Crippen LogP) is 2.14. The molecule has 4 heteroatoms. The Morgan fingerprint density at radius 2 is 2.25 bits per heavy atom. The van der Waals surface area contributed by atoms with Gasteiger partial charge in [-0.15, -0.1) is 0 Å². The van der Waals surface area contributed by atoms with Crippen LogP contribution in [-0.2, 0) is 11.2 Å². The molecule has 2 N–H and O–H groups in total. The molecule has 4 nitrogen and oxygen atoms in total. The van der Waals surface area contributed by atoms with Crippen molar-refractivity contribution in [1.29, 1.82) is 0 Å². The Labute approximate surface area is 120 Å². The first-order valence-electron chi connectivity index (χ1n) is 7.40. The zero-order chi connectivity index (χ0) is 14.5. The van der Waals surface area contributed by atoms with Gasteiger partial charge in [0.25, 0.3) is 0 Å². The molecule has 0 saturated carbocycles. The van der Waals surface area contributed by atoms with E-state index in [0.29, 0.717) is 12.5 Å². The maximum absolute atomic E-state index is 11.4. The van der Waals surface area contributed by atoms with Crippen molar-refractivity contribution in [3.63, 3.8) is 0 Å². The molecule has 2 atom stereocenters. The number of nitrogens with one attached hydrogen (secondary N) is 1. The molecular formula is C16H24N2O2. The van der Waals surface area contributed by atoms with Crippen LogP contribution in [0.5, 0.6) is 0 Å². The Hall–Kier alpha value is -1.55. The van der Waals surface area contributed by atoms with E-state index >= 15 is 0 Å². The largest absolute Gasteiger partial charge is 0.480 e. The van der Waals surface area contributed by atoms with Gasteiger partial charge in [-0.25, -0.2) is 0 Å². The summed E-state index contributed by atoms with van der Waals surface area (Å²) < 4.78 is 0. The third-order valence-electron chi connectivity index (χ3n) is 3.77. The summed E-state index contributed by atoms with van der Waals surface area (Å²) in [6.07, 6.45) is 2.02. The average Bonchev–Trinajstić information content (AvgIpc) is 2.42. The number of carboxylic acids is 1. The molecule has 1 aromatic carbocycles. The Morgan fingerprint density at radius 3 is 2.95 bits per heavy atom. The minimum atomic E-state index is -0.769. The van der Waals surface area contributed by atoms with Crippen molar-refractivity contribution < 1.29 is 9.90 Å². The van der Waals surface area contributed by atoms with Gasteiger partial charge in [0, 0.05) is 18.8 Å². The highest BCUT2D eigenvalue weighted by atomic mass is 16.4. The lowest BCUT2D eigenvalue weighted by Gasteiger charge is -2.36. The Kier molecular flexibility index (Phi) is 5.01. The summed E-state index contributed by atoms with van der Waals surface area (Å²) in [5.74, 6) is -0.209. The first-order valence-corrected chi connectivity index (χ1v) is 7.40. The first kappa shape index (κ1) is 14.9. The van der Waals surface area contributed by atoms with Crippen LogP contribution >= 0.6 is 0 Å². The first-order chi connectivity index (χ1) is 9.61. The SMILES string of the molecule is CCCNC(CN1CC(C)Cc2ccccc21)C(=O)O. The molecular weight excluding hydrogens is 252 g/mol. The van der Waals surface area contributed by atoms with E-state index in [9.17, 15) is 9.90 Å². The van der Waals surface area contributed by atoms with Crippen LogP contribution in [0.1, 0.15) is 25.8 Å². The van der Waals surface area contributed by atoms with Crippen molar-refractivity contribution in [3.8, 4) is 0 Å². The van der Waals surface area contributed by atoms with Crippen LogP contribution in [0.15, 0.2) is 24.3 Å². The highest BCUT2D eigenvalue weighted by molar-refractivity contribution is 5.74. The summed E-state index contributed by atoms with van der Waals surface area (Å²) in [5, 5.41) is 12.5. The summed E-state index contributed by atoms with van der Waals surface area (Å²) in [6, 6.07) is 7.82. The summed E-state index contributed by atoms with van der Waals surface area (Å²) in [4.78, 5) is 13.6. The second-order valence-electron chi connectivity index (χ2n) is 5.69. The minimum Gasteiger partial charge on any atom is -0.480 e. The Bertz CT molecular complexity index is 462. The van der Waals surface area contributed by atoms with E-state index < -0.39 is 12.0 Å². The van der Waals surface area contributed by atoms with Gasteiger partial charge in [-0.1, -0.05) is 32.0 Å². The van der Waals surface area contributed by atoms with Crippen LogP contribution in [0, 0.1) is 5.92 Å². The van der Waals surface area contributed by atoms with Crippen LogP contribution in [0.3, 0.4) is 0 Å². The summed E-state index contributed by atoms with van der Waals surface area (Å²) in [6.45, 7) is 6.45. The van der Waals surface area contributed by atoms with Crippen LogP contribution in [0.2, 0.25) is 0 Å². The molecule has 0 fully saturated rings. The van der Waals surface area contributed by atoms with E-state index in [2.05, 4.69) is 35.3 Å². The molecule has 0 aromatic heterocycles. The lowest BCUT2D eigenvalue weighted by Crippen LogP contribution is -2.48. The summed E-state index contributed by atoms with van der Waals surface area (Å²) in [7, 11) is 0. The molecule has 1 heterocycles. The van der Waals surface area contributed by atoms with Gasteiger partial charge >= 0.3 is 5.97 Å². The highest BCUT2D eigenvalue weighted by Gasteiger charge is 2.26. The minimum absolute atomic E-state index is 0.506. The number of anilines is 1. The van der Waals surface area contributed by atoms with Crippen molar-refractivity contribution >= 4 is 11.7 Å². The molecule has 2 rings (SSSR count). The zero-order valence-corrected chi connectivity index (χ0v) is 12.3. The summed E-state index contributed by atoms with van der Waals surface area (Å²) in [5.41, 5.74) is 2.51. The fourth-order valence-corrected chi connectivity index (χ4v) is 2.85. The zero-order valence-electron chi connectivity index (χ0n) is 12.3. The maximum Gasteiger partial charge on any atom is 0.322 e. The Morgan fingerprint density at radius 1 is 1.50 bits per heavy atom. The number of carboxylic acid groups (broad SMARTS) is 1. The summed E-state index contributed by atoms with van der Waals surface area (Å²) >= 11 is 0. The van der Waals surface area contributed by atoms with Crippen LogP contribution in [0.25, 0.3) is 0 Å². The monoisotopic (exact) mass is 276 g/mol. The Balaban J connectivity index is 2.13. The number of fused-ring (bicyclic) bond motifs is 1. The number of aliphatic carboxylic acids is 1. The molecule has 20 heavy (non-hydrogen) atoms. The van der Waals surface area contributed by atoms with Crippen molar-refractivity contribution in [1.82, 2.24) is 5.32 Å². The molecule has 1 aromatic rings. The van der Waals surface area contributed by atoms with Gasteiger partial charge in [-0.2, -0.15) is 0 Å². The normalized spacial score (nSPS) is 19.5. The van der Waals surface area contributed by atoms with Crippen molar-refractivity contribution in [3.05, 3.63) is 29.8 Å². The standard InChI is InChI=1S/C16H24N2O2/c1-3-8-17-14(16(19)20)11-18-10-12(2)9-13-6-4-5-7-15(13)18/h4-7,12,14,17H,3,8-11H2,1-2H3,(H,19,20). The van der Waals surface area contributed by atoms with Gasteiger partial charge in [-0.3, -0.25) is 4.79 Å².